The molecule has 0 bridgehead atoms. The molecule has 4 N–H and O–H groups in total. The molecule has 0 aromatic carbocycles. The average molecular weight is 778 g/mol. The summed E-state index contributed by atoms with van der Waals surface area (Å²) in [6.07, 6.45) is 43.6. The van der Waals surface area contributed by atoms with Gasteiger partial charge in [-0.05, 0) is 83.5 Å². The molecule has 0 aromatic rings. The lowest BCUT2D eigenvalue weighted by Crippen LogP contribution is -2.29. The van der Waals surface area contributed by atoms with Crippen LogP contribution in [0.5, 0.6) is 0 Å². The van der Waals surface area contributed by atoms with Crippen molar-refractivity contribution in [1.29, 1.82) is 0 Å². The van der Waals surface area contributed by atoms with Crippen LogP contribution in [0.4, 0.5) is 0 Å². The summed E-state index contributed by atoms with van der Waals surface area (Å²) in [6.45, 7) is 3.44. The van der Waals surface area contributed by atoms with Crippen molar-refractivity contribution in [3.05, 3.63) is 85.1 Å². The molecule has 0 heterocycles. The molecule has 0 fully saturated rings. The SMILES string of the molecule is CCCCC/C=C\C/C=C\C/C=C\CCCCC(=O)OC[C@H](COP(=O)(O)OCCN)OC(=O)CCC/C=C\C/C=C\C=C\[C@@H](O)C/C=C\CCCCC. The van der Waals surface area contributed by atoms with E-state index in [0.29, 0.717) is 32.1 Å². The van der Waals surface area contributed by atoms with E-state index >= 15 is 0 Å². The number of carbonyl (C=O) groups is 2. The van der Waals surface area contributed by atoms with Crippen molar-refractivity contribution in [2.75, 3.05) is 26.4 Å². The number of phosphoric acid groups is 1. The lowest BCUT2D eigenvalue weighted by Gasteiger charge is -2.19. The van der Waals surface area contributed by atoms with Crippen LogP contribution in [0.15, 0.2) is 85.1 Å². The van der Waals surface area contributed by atoms with Gasteiger partial charge in [0.25, 0.3) is 0 Å². The summed E-state index contributed by atoms with van der Waals surface area (Å²) in [5.74, 6) is -0.989. The fraction of sp³-hybridized carbons (Fsp3) is 0.628. The van der Waals surface area contributed by atoms with Gasteiger partial charge in [-0.1, -0.05) is 125 Å². The van der Waals surface area contributed by atoms with Gasteiger partial charge in [0.1, 0.15) is 6.61 Å². The van der Waals surface area contributed by atoms with Gasteiger partial charge in [-0.15, -0.1) is 0 Å². The van der Waals surface area contributed by atoms with E-state index in [1.807, 2.05) is 36.5 Å². The van der Waals surface area contributed by atoms with E-state index < -0.39 is 38.6 Å². The molecule has 0 aliphatic carbocycles. The van der Waals surface area contributed by atoms with Crippen LogP contribution in [0.25, 0.3) is 0 Å². The number of ether oxygens (including phenoxy) is 2. The average Bonchev–Trinajstić information content (AvgIpc) is 3.15. The Morgan fingerprint density at radius 1 is 0.648 bits per heavy atom. The number of aliphatic hydroxyl groups is 1. The van der Waals surface area contributed by atoms with Crippen molar-refractivity contribution < 1.29 is 42.7 Å². The summed E-state index contributed by atoms with van der Waals surface area (Å²) in [5, 5.41) is 10.0. The van der Waals surface area contributed by atoms with Crippen LogP contribution in [0, 0.1) is 0 Å². The highest BCUT2D eigenvalue weighted by Gasteiger charge is 2.25. The van der Waals surface area contributed by atoms with Crippen molar-refractivity contribution >= 4 is 19.8 Å². The molecule has 0 rings (SSSR count). The molecule has 0 radical (unpaired) electrons. The Kier molecular flexibility index (Phi) is 36.4. The summed E-state index contributed by atoms with van der Waals surface area (Å²) < 4.78 is 32.6. The summed E-state index contributed by atoms with van der Waals surface area (Å²) in [6, 6.07) is 0. The van der Waals surface area contributed by atoms with Crippen LogP contribution in [0.1, 0.15) is 136 Å². The molecule has 11 heteroatoms. The summed E-state index contributed by atoms with van der Waals surface area (Å²) in [5.41, 5.74) is 5.33. The second-order valence-corrected chi connectivity index (χ2v) is 14.4. The molecule has 1 unspecified atom stereocenters. The largest absolute Gasteiger partial charge is 0.472 e. The number of hydrogen-bond donors (Lipinski definition) is 3. The molecule has 3 atom stereocenters. The predicted octanol–water partition coefficient (Wildman–Crippen LogP) is 10.2. The van der Waals surface area contributed by atoms with Crippen LogP contribution < -0.4 is 5.73 Å². The Hall–Kier alpha value is -2.85. The smallest absolute Gasteiger partial charge is 0.462 e. The van der Waals surface area contributed by atoms with E-state index in [9.17, 15) is 24.2 Å². The van der Waals surface area contributed by atoms with Gasteiger partial charge in [0.15, 0.2) is 6.10 Å². The number of rotatable bonds is 36. The second kappa shape index (κ2) is 38.4. The molecule has 54 heavy (non-hydrogen) atoms. The first-order chi connectivity index (χ1) is 26.2. The molecule has 0 amide bonds. The molecule has 10 nitrogen and oxygen atoms in total. The van der Waals surface area contributed by atoms with Crippen molar-refractivity contribution in [3.63, 3.8) is 0 Å². The fourth-order valence-corrected chi connectivity index (χ4v) is 5.54. The molecule has 0 saturated heterocycles. The Balaban J connectivity index is 4.46. The molecule has 0 saturated carbocycles. The minimum absolute atomic E-state index is 0.0250. The maximum atomic E-state index is 12.5. The summed E-state index contributed by atoms with van der Waals surface area (Å²) >= 11 is 0. The number of hydrogen-bond acceptors (Lipinski definition) is 9. The van der Waals surface area contributed by atoms with Gasteiger partial charge >= 0.3 is 19.8 Å². The number of aliphatic hydroxyl groups excluding tert-OH is 1. The van der Waals surface area contributed by atoms with Crippen LogP contribution >= 0.6 is 7.82 Å². The van der Waals surface area contributed by atoms with Gasteiger partial charge in [0.2, 0.25) is 0 Å². The van der Waals surface area contributed by atoms with Crippen molar-refractivity contribution in [3.8, 4) is 0 Å². The second-order valence-electron chi connectivity index (χ2n) is 13.0. The molecule has 0 aliphatic rings. The number of esters is 2. The number of carbonyl (C=O) groups excluding carboxylic acids is 2. The molecule has 0 aromatic heterocycles. The van der Waals surface area contributed by atoms with Gasteiger partial charge in [-0.2, -0.15) is 0 Å². The monoisotopic (exact) mass is 777 g/mol. The third kappa shape index (κ3) is 37.5. The first-order valence-electron chi connectivity index (χ1n) is 20.2. The molecule has 0 spiro atoms. The summed E-state index contributed by atoms with van der Waals surface area (Å²) in [4.78, 5) is 34.7. The Labute approximate surface area is 326 Å². The third-order valence-electron chi connectivity index (χ3n) is 7.83. The summed E-state index contributed by atoms with van der Waals surface area (Å²) in [7, 11) is -4.42. The standard InChI is InChI=1S/C43H72NO9P/c1-3-5-7-9-11-12-13-14-15-16-17-18-22-26-30-34-42(46)50-38-41(39-52-54(48,49)51-37-36-44)53-43(47)35-31-27-23-20-19-21-25-29-33-40(45)32-28-24-10-8-6-4-2/h11-12,14-15,17-18,20-21,23-25,28-29,33,40-41,45H,3-10,13,16,19,22,26-27,30-32,34-39,44H2,1-2H3,(H,48,49)/b12-11-,15-14-,18-17-,23-20-,25-21-,28-24-,33-29+/t40-,41+/m0/s1. The normalized spacial score (nSPS) is 14.8. The highest BCUT2D eigenvalue weighted by atomic mass is 31.2. The molecule has 0 aliphatic heterocycles. The van der Waals surface area contributed by atoms with Crippen molar-refractivity contribution in [2.24, 2.45) is 5.73 Å². The Bertz CT molecular complexity index is 1180. The van der Waals surface area contributed by atoms with Gasteiger partial charge in [-0.25, -0.2) is 4.57 Å². The van der Waals surface area contributed by atoms with E-state index in [2.05, 4.69) is 56.4 Å². The lowest BCUT2D eigenvalue weighted by atomic mass is 10.1. The Morgan fingerprint density at radius 3 is 1.80 bits per heavy atom. The zero-order valence-corrected chi connectivity index (χ0v) is 34.2. The first-order valence-corrected chi connectivity index (χ1v) is 21.7. The zero-order chi connectivity index (χ0) is 39.8. The fourth-order valence-electron chi connectivity index (χ4n) is 4.77. The quantitative estimate of drug-likeness (QED) is 0.0184. The van der Waals surface area contributed by atoms with Crippen LogP contribution in [-0.4, -0.2) is 60.5 Å². The third-order valence-corrected chi connectivity index (χ3v) is 8.82. The molecule has 308 valence electrons. The minimum atomic E-state index is -4.42. The highest BCUT2D eigenvalue weighted by molar-refractivity contribution is 7.47. The predicted molar refractivity (Wildman–Crippen MR) is 221 cm³/mol. The first kappa shape index (κ1) is 51.1. The van der Waals surface area contributed by atoms with Crippen LogP contribution in [0.3, 0.4) is 0 Å². The number of unbranched alkanes of at least 4 members (excludes halogenated alkanes) is 9. The maximum absolute atomic E-state index is 12.5. The van der Waals surface area contributed by atoms with Gasteiger partial charge in [0.05, 0.1) is 19.3 Å². The Morgan fingerprint density at radius 2 is 1.19 bits per heavy atom. The van der Waals surface area contributed by atoms with E-state index in [1.165, 1.54) is 38.5 Å². The minimum Gasteiger partial charge on any atom is -0.462 e. The van der Waals surface area contributed by atoms with Gasteiger partial charge in [-0.3, -0.25) is 18.6 Å². The van der Waals surface area contributed by atoms with E-state index in [4.69, 9.17) is 24.3 Å². The topological polar surface area (TPSA) is 155 Å². The van der Waals surface area contributed by atoms with Gasteiger partial charge in [0, 0.05) is 19.4 Å². The van der Waals surface area contributed by atoms with Gasteiger partial charge < -0.3 is 25.2 Å². The number of allylic oxidation sites excluding steroid dienone is 12. The lowest BCUT2D eigenvalue weighted by molar-refractivity contribution is -0.161. The van der Waals surface area contributed by atoms with Crippen LogP contribution in [0.2, 0.25) is 0 Å². The maximum Gasteiger partial charge on any atom is 0.472 e. The zero-order valence-electron chi connectivity index (χ0n) is 33.3. The van der Waals surface area contributed by atoms with Crippen molar-refractivity contribution in [1.82, 2.24) is 0 Å². The van der Waals surface area contributed by atoms with E-state index in [-0.39, 0.29) is 32.6 Å². The molecular formula is C43H72NO9P. The van der Waals surface area contributed by atoms with E-state index in [1.54, 1.807) is 6.08 Å². The van der Waals surface area contributed by atoms with Crippen molar-refractivity contribution in [2.45, 2.75) is 148 Å². The van der Waals surface area contributed by atoms with Crippen LogP contribution in [-0.2, 0) is 32.7 Å². The van der Waals surface area contributed by atoms with E-state index in [0.717, 1.165) is 38.5 Å². The number of phosphoric ester groups is 1. The number of nitrogens with two attached hydrogens (primary N) is 1. The molecular weight excluding hydrogens is 705 g/mol. The highest BCUT2D eigenvalue weighted by Crippen LogP contribution is 2.43.